The van der Waals surface area contributed by atoms with Gasteiger partial charge < -0.3 is 5.32 Å². The molecule has 0 radical (unpaired) electrons. The van der Waals surface area contributed by atoms with E-state index in [2.05, 4.69) is 10.3 Å². The fraction of sp³-hybridized carbons (Fsp3) is 0.636. The van der Waals surface area contributed by atoms with Gasteiger partial charge in [-0.1, -0.05) is 0 Å². The number of aryl methyl sites for hydroxylation is 2. The van der Waals surface area contributed by atoms with Gasteiger partial charge in [-0.3, -0.25) is 4.79 Å². The van der Waals surface area contributed by atoms with Crippen LogP contribution in [-0.2, 0) is 12.8 Å². The standard InChI is InChI=1S/C11H14N2OS/c14-10(7-4-5-12-6-7)11-13-8-2-1-3-9(8)15-11/h7,12H,1-6H2. The van der Waals surface area contributed by atoms with Crippen molar-refractivity contribution >= 4 is 17.1 Å². The van der Waals surface area contributed by atoms with Crippen LogP contribution in [0.25, 0.3) is 0 Å². The van der Waals surface area contributed by atoms with E-state index in [4.69, 9.17) is 0 Å². The number of ketones is 1. The minimum absolute atomic E-state index is 0.177. The SMILES string of the molecule is O=C(c1nc2c(s1)CCC2)C1CCNC1. The number of hydrogen-bond donors (Lipinski definition) is 1. The van der Waals surface area contributed by atoms with Crippen LogP contribution in [0.4, 0.5) is 0 Å². The zero-order valence-corrected chi connectivity index (χ0v) is 9.40. The van der Waals surface area contributed by atoms with Gasteiger partial charge in [-0.25, -0.2) is 4.98 Å². The number of hydrogen-bond acceptors (Lipinski definition) is 4. The number of aromatic nitrogens is 1. The first kappa shape index (κ1) is 9.48. The monoisotopic (exact) mass is 222 g/mol. The highest BCUT2D eigenvalue weighted by Crippen LogP contribution is 2.29. The van der Waals surface area contributed by atoms with Crippen LogP contribution in [0.3, 0.4) is 0 Å². The lowest BCUT2D eigenvalue weighted by Gasteiger charge is -2.03. The van der Waals surface area contributed by atoms with Gasteiger partial charge >= 0.3 is 0 Å². The second kappa shape index (κ2) is 3.68. The zero-order chi connectivity index (χ0) is 10.3. The molecular formula is C11H14N2OS. The first-order chi connectivity index (χ1) is 7.34. The van der Waals surface area contributed by atoms with Crippen molar-refractivity contribution in [1.29, 1.82) is 0 Å². The van der Waals surface area contributed by atoms with E-state index in [1.54, 1.807) is 11.3 Å². The van der Waals surface area contributed by atoms with Gasteiger partial charge in [-0.2, -0.15) is 0 Å². The minimum atomic E-state index is 0.177. The second-order valence-corrected chi connectivity index (χ2v) is 5.38. The van der Waals surface area contributed by atoms with E-state index in [-0.39, 0.29) is 11.7 Å². The second-order valence-electron chi connectivity index (χ2n) is 4.30. The molecule has 0 bridgehead atoms. The normalized spacial score (nSPS) is 24.4. The summed E-state index contributed by atoms with van der Waals surface area (Å²) >= 11 is 1.63. The van der Waals surface area contributed by atoms with E-state index in [1.807, 2.05) is 0 Å². The van der Waals surface area contributed by atoms with Gasteiger partial charge in [0.05, 0.1) is 5.69 Å². The third kappa shape index (κ3) is 1.62. The van der Waals surface area contributed by atoms with Crippen molar-refractivity contribution < 1.29 is 4.79 Å². The summed E-state index contributed by atoms with van der Waals surface area (Å²) in [6.07, 6.45) is 4.39. The van der Waals surface area contributed by atoms with Crippen LogP contribution in [0.1, 0.15) is 33.2 Å². The zero-order valence-electron chi connectivity index (χ0n) is 8.58. The van der Waals surface area contributed by atoms with Gasteiger partial charge in [0.2, 0.25) is 0 Å². The molecule has 1 fully saturated rings. The van der Waals surface area contributed by atoms with Crippen LogP contribution in [0.5, 0.6) is 0 Å². The number of Topliss-reactive ketones (excluding diaryl/α,β-unsaturated/α-hetero) is 1. The molecule has 2 heterocycles. The quantitative estimate of drug-likeness (QED) is 0.770. The molecule has 0 spiro atoms. The summed E-state index contributed by atoms with van der Waals surface area (Å²) in [6, 6.07) is 0. The minimum Gasteiger partial charge on any atom is -0.316 e. The van der Waals surface area contributed by atoms with Crippen LogP contribution in [0, 0.1) is 5.92 Å². The van der Waals surface area contributed by atoms with Gasteiger partial charge in [-0.15, -0.1) is 11.3 Å². The summed E-state index contributed by atoms with van der Waals surface area (Å²) < 4.78 is 0. The highest BCUT2D eigenvalue weighted by molar-refractivity contribution is 7.13. The molecule has 0 saturated carbocycles. The lowest BCUT2D eigenvalue weighted by Crippen LogP contribution is -2.17. The Kier molecular flexibility index (Phi) is 2.33. The maximum atomic E-state index is 12.1. The highest BCUT2D eigenvalue weighted by atomic mass is 32.1. The Morgan fingerprint density at radius 3 is 3.13 bits per heavy atom. The molecular weight excluding hydrogens is 208 g/mol. The number of rotatable bonds is 2. The summed E-state index contributed by atoms with van der Waals surface area (Å²) in [4.78, 5) is 17.9. The highest BCUT2D eigenvalue weighted by Gasteiger charge is 2.28. The number of fused-ring (bicyclic) bond motifs is 1. The maximum Gasteiger partial charge on any atom is 0.195 e. The number of carbonyl (C=O) groups excluding carboxylic acids is 1. The van der Waals surface area contributed by atoms with Gasteiger partial charge in [-0.05, 0) is 32.2 Å². The predicted molar refractivity (Wildman–Crippen MR) is 59.4 cm³/mol. The molecule has 1 unspecified atom stereocenters. The summed E-state index contributed by atoms with van der Waals surface area (Å²) in [6.45, 7) is 1.81. The van der Waals surface area contributed by atoms with Gasteiger partial charge in [0.25, 0.3) is 0 Å². The molecule has 1 aromatic rings. The van der Waals surface area contributed by atoms with Crippen molar-refractivity contribution in [2.24, 2.45) is 5.92 Å². The molecule has 1 aromatic heterocycles. The molecule has 2 aliphatic rings. The Morgan fingerprint density at radius 2 is 2.40 bits per heavy atom. The molecule has 1 aliphatic carbocycles. The Labute approximate surface area is 92.9 Å². The van der Waals surface area contributed by atoms with Crippen LogP contribution in [-0.4, -0.2) is 23.9 Å². The molecule has 3 rings (SSSR count). The fourth-order valence-electron chi connectivity index (χ4n) is 2.35. The van der Waals surface area contributed by atoms with Crippen molar-refractivity contribution in [1.82, 2.24) is 10.3 Å². The van der Waals surface area contributed by atoms with E-state index in [1.165, 1.54) is 17.0 Å². The topological polar surface area (TPSA) is 42.0 Å². The van der Waals surface area contributed by atoms with Gasteiger partial charge in [0.1, 0.15) is 0 Å². The lowest BCUT2D eigenvalue weighted by atomic mass is 10.0. The Balaban J connectivity index is 1.83. The average Bonchev–Trinajstić information content (AvgIpc) is 2.92. The average molecular weight is 222 g/mol. The number of carbonyl (C=O) groups is 1. The third-order valence-corrected chi connectivity index (χ3v) is 4.41. The molecule has 0 aromatic carbocycles. The van der Waals surface area contributed by atoms with Crippen molar-refractivity contribution in [3.05, 3.63) is 15.6 Å². The van der Waals surface area contributed by atoms with Crippen molar-refractivity contribution in [2.75, 3.05) is 13.1 Å². The van der Waals surface area contributed by atoms with Gasteiger partial charge in [0.15, 0.2) is 10.8 Å². The maximum absolute atomic E-state index is 12.1. The summed E-state index contributed by atoms with van der Waals surface area (Å²) in [5, 5.41) is 3.99. The fourth-order valence-corrected chi connectivity index (χ4v) is 3.52. The number of nitrogens with one attached hydrogen (secondary N) is 1. The largest absolute Gasteiger partial charge is 0.316 e. The molecule has 1 atom stereocenters. The van der Waals surface area contributed by atoms with Gasteiger partial charge in [0, 0.05) is 17.3 Å². The van der Waals surface area contributed by atoms with E-state index in [0.29, 0.717) is 0 Å². The predicted octanol–water partition coefficient (Wildman–Crippen LogP) is 1.42. The molecule has 1 aliphatic heterocycles. The summed E-state index contributed by atoms with van der Waals surface area (Å²) in [5.41, 5.74) is 1.19. The third-order valence-electron chi connectivity index (χ3n) is 3.24. The Bertz CT molecular complexity index is 372. The molecule has 4 heteroatoms. The van der Waals surface area contributed by atoms with Crippen LogP contribution < -0.4 is 5.32 Å². The Morgan fingerprint density at radius 1 is 1.47 bits per heavy atom. The van der Waals surface area contributed by atoms with Crippen molar-refractivity contribution in [3.63, 3.8) is 0 Å². The van der Waals surface area contributed by atoms with Crippen LogP contribution in [0.2, 0.25) is 0 Å². The number of nitrogens with zero attached hydrogens (tertiary/aromatic N) is 1. The van der Waals surface area contributed by atoms with E-state index >= 15 is 0 Å². The summed E-state index contributed by atoms with van der Waals surface area (Å²) in [7, 11) is 0. The molecule has 80 valence electrons. The molecule has 0 amide bonds. The van der Waals surface area contributed by atoms with E-state index < -0.39 is 0 Å². The first-order valence-corrected chi connectivity index (χ1v) is 6.40. The molecule has 15 heavy (non-hydrogen) atoms. The number of thiazole rings is 1. The summed E-state index contributed by atoms with van der Waals surface area (Å²) in [5.74, 6) is 0.440. The molecule has 1 N–H and O–H groups in total. The first-order valence-electron chi connectivity index (χ1n) is 5.58. The Hall–Kier alpha value is -0.740. The molecule has 3 nitrogen and oxygen atoms in total. The molecule has 1 saturated heterocycles. The van der Waals surface area contributed by atoms with E-state index in [0.717, 1.165) is 37.4 Å². The van der Waals surface area contributed by atoms with Crippen LogP contribution in [0.15, 0.2) is 0 Å². The van der Waals surface area contributed by atoms with E-state index in [9.17, 15) is 4.79 Å². The van der Waals surface area contributed by atoms with Crippen molar-refractivity contribution in [2.45, 2.75) is 25.7 Å². The smallest absolute Gasteiger partial charge is 0.195 e. The van der Waals surface area contributed by atoms with Crippen molar-refractivity contribution in [3.8, 4) is 0 Å². The lowest BCUT2D eigenvalue weighted by molar-refractivity contribution is 0.0930. The van der Waals surface area contributed by atoms with Crippen LogP contribution >= 0.6 is 11.3 Å².